The molecule has 0 bridgehead atoms. The van der Waals surface area contributed by atoms with Crippen molar-refractivity contribution in [3.8, 4) is 17.2 Å². The Morgan fingerprint density at radius 2 is 1.63 bits per heavy atom. The van der Waals surface area contributed by atoms with E-state index in [9.17, 15) is 4.79 Å². The van der Waals surface area contributed by atoms with E-state index >= 15 is 0 Å². The summed E-state index contributed by atoms with van der Waals surface area (Å²) in [6.07, 6.45) is 4.62. The lowest BCUT2D eigenvalue weighted by atomic mass is 10.1. The standard InChI is InChI=1S/C19H24N4O4/c1-25-15-9-13(10-16(26-2)18(15)27-3)22-17-11-14(20-12-21-17)19(24)23-7-5-4-6-8-23/h9-12H,4-8H2,1-3H3,(H,20,21,22). The largest absolute Gasteiger partial charge is 0.493 e. The molecule has 0 saturated carbocycles. The van der Waals surface area contributed by atoms with E-state index in [-0.39, 0.29) is 5.91 Å². The van der Waals surface area contributed by atoms with Gasteiger partial charge in [-0.25, -0.2) is 9.97 Å². The van der Waals surface area contributed by atoms with Crippen molar-refractivity contribution < 1.29 is 19.0 Å². The van der Waals surface area contributed by atoms with Crippen molar-refractivity contribution in [1.82, 2.24) is 14.9 Å². The highest BCUT2D eigenvalue weighted by atomic mass is 16.5. The summed E-state index contributed by atoms with van der Waals surface area (Å²) in [5.41, 5.74) is 1.07. The molecule has 8 nitrogen and oxygen atoms in total. The Morgan fingerprint density at radius 1 is 0.963 bits per heavy atom. The van der Waals surface area contributed by atoms with Gasteiger partial charge >= 0.3 is 0 Å². The molecule has 0 spiro atoms. The molecule has 1 aromatic heterocycles. The monoisotopic (exact) mass is 372 g/mol. The number of aromatic nitrogens is 2. The second kappa shape index (κ2) is 8.57. The molecule has 2 heterocycles. The lowest BCUT2D eigenvalue weighted by Gasteiger charge is -2.26. The minimum atomic E-state index is -0.0648. The summed E-state index contributed by atoms with van der Waals surface area (Å²) in [6.45, 7) is 1.55. The van der Waals surface area contributed by atoms with Gasteiger partial charge in [0.2, 0.25) is 5.75 Å². The van der Waals surface area contributed by atoms with Gasteiger partial charge in [0.05, 0.1) is 21.3 Å². The maximum Gasteiger partial charge on any atom is 0.272 e. The number of rotatable bonds is 6. The van der Waals surface area contributed by atoms with E-state index in [0.717, 1.165) is 25.9 Å². The van der Waals surface area contributed by atoms with Crippen molar-refractivity contribution in [1.29, 1.82) is 0 Å². The fourth-order valence-electron chi connectivity index (χ4n) is 3.10. The van der Waals surface area contributed by atoms with E-state index < -0.39 is 0 Å². The number of hydrogen-bond donors (Lipinski definition) is 1. The van der Waals surface area contributed by atoms with Crippen molar-refractivity contribution in [2.75, 3.05) is 39.7 Å². The molecule has 2 aromatic rings. The quantitative estimate of drug-likeness (QED) is 0.834. The van der Waals surface area contributed by atoms with E-state index in [1.54, 1.807) is 39.5 Å². The van der Waals surface area contributed by atoms with Crippen LogP contribution in [-0.2, 0) is 0 Å². The van der Waals surface area contributed by atoms with Crippen LogP contribution in [0.5, 0.6) is 17.2 Å². The molecule has 0 aliphatic carbocycles. The van der Waals surface area contributed by atoms with E-state index in [1.165, 1.54) is 12.7 Å². The number of hydrogen-bond acceptors (Lipinski definition) is 7. The highest BCUT2D eigenvalue weighted by molar-refractivity contribution is 5.93. The van der Waals surface area contributed by atoms with E-state index in [1.807, 2.05) is 4.90 Å². The molecule has 0 atom stereocenters. The van der Waals surface area contributed by atoms with Crippen molar-refractivity contribution in [2.45, 2.75) is 19.3 Å². The minimum absolute atomic E-state index is 0.0648. The van der Waals surface area contributed by atoms with E-state index in [2.05, 4.69) is 15.3 Å². The number of benzene rings is 1. The maximum atomic E-state index is 12.6. The van der Waals surface area contributed by atoms with Crippen LogP contribution >= 0.6 is 0 Å². The number of nitrogens with zero attached hydrogens (tertiary/aromatic N) is 3. The molecule has 1 N–H and O–H groups in total. The fraction of sp³-hybridized carbons (Fsp3) is 0.421. The topological polar surface area (TPSA) is 85.8 Å². The Kier molecular flexibility index (Phi) is 5.95. The third-order valence-corrected chi connectivity index (χ3v) is 4.47. The molecular weight excluding hydrogens is 348 g/mol. The molecule has 8 heteroatoms. The lowest BCUT2D eigenvalue weighted by molar-refractivity contribution is 0.0718. The van der Waals surface area contributed by atoms with Gasteiger partial charge < -0.3 is 24.4 Å². The number of ether oxygens (including phenoxy) is 3. The van der Waals surface area contributed by atoms with Gasteiger partial charge in [-0.15, -0.1) is 0 Å². The van der Waals surface area contributed by atoms with Gasteiger partial charge in [-0.2, -0.15) is 0 Å². The molecule has 27 heavy (non-hydrogen) atoms. The molecule has 1 aliphatic rings. The summed E-state index contributed by atoms with van der Waals surface area (Å²) in [4.78, 5) is 22.8. The minimum Gasteiger partial charge on any atom is -0.493 e. The SMILES string of the molecule is COc1cc(Nc2cc(C(=O)N3CCCCC3)ncn2)cc(OC)c1OC. The van der Waals surface area contributed by atoms with Crippen LogP contribution in [0.4, 0.5) is 11.5 Å². The molecule has 1 saturated heterocycles. The molecule has 1 aliphatic heterocycles. The van der Waals surface area contributed by atoms with Crippen molar-refractivity contribution in [3.63, 3.8) is 0 Å². The summed E-state index contributed by atoms with van der Waals surface area (Å²) in [7, 11) is 4.67. The molecule has 1 aromatic carbocycles. The highest BCUT2D eigenvalue weighted by Gasteiger charge is 2.20. The maximum absolute atomic E-state index is 12.6. The molecule has 3 rings (SSSR count). The molecule has 0 radical (unpaired) electrons. The lowest BCUT2D eigenvalue weighted by Crippen LogP contribution is -2.36. The number of methoxy groups -OCH3 is 3. The summed E-state index contributed by atoms with van der Waals surface area (Å²) in [6, 6.07) is 5.20. The first kappa shape index (κ1) is 18.8. The zero-order valence-electron chi connectivity index (χ0n) is 15.8. The second-order valence-electron chi connectivity index (χ2n) is 6.18. The molecule has 1 amide bonds. The Balaban J connectivity index is 1.83. The van der Waals surface area contributed by atoms with Gasteiger partial charge in [0.15, 0.2) is 11.5 Å². The number of amides is 1. The summed E-state index contributed by atoms with van der Waals surface area (Å²) < 4.78 is 16.0. The average Bonchev–Trinajstić information content (AvgIpc) is 2.73. The third-order valence-electron chi connectivity index (χ3n) is 4.47. The van der Waals surface area contributed by atoms with Gasteiger partial charge in [-0.3, -0.25) is 4.79 Å². The first-order valence-corrected chi connectivity index (χ1v) is 8.84. The first-order chi connectivity index (χ1) is 13.2. The Bertz CT molecular complexity index is 781. The molecule has 144 valence electrons. The highest BCUT2D eigenvalue weighted by Crippen LogP contribution is 2.40. The zero-order chi connectivity index (χ0) is 19.2. The van der Waals surface area contributed by atoms with Crippen LogP contribution in [-0.4, -0.2) is 55.2 Å². The Hall–Kier alpha value is -3.03. The van der Waals surface area contributed by atoms with Crippen molar-refractivity contribution in [3.05, 3.63) is 30.2 Å². The Labute approximate surface area is 158 Å². The van der Waals surface area contributed by atoms with E-state index in [0.29, 0.717) is 34.4 Å². The smallest absolute Gasteiger partial charge is 0.272 e. The van der Waals surface area contributed by atoms with E-state index in [4.69, 9.17) is 14.2 Å². The Morgan fingerprint density at radius 3 is 2.22 bits per heavy atom. The first-order valence-electron chi connectivity index (χ1n) is 8.84. The van der Waals surface area contributed by atoms with Crippen LogP contribution in [0.2, 0.25) is 0 Å². The number of carbonyl (C=O) groups is 1. The number of piperidine rings is 1. The van der Waals surface area contributed by atoms with Crippen LogP contribution in [0.3, 0.4) is 0 Å². The molecular formula is C19H24N4O4. The number of nitrogens with one attached hydrogen (secondary N) is 1. The van der Waals surface area contributed by atoms with Gasteiger partial charge in [0, 0.05) is 37.0 Å². The van der Waals surface area contributed by atoms with Crippen LogP contribution < -0.4 is 19.5 Å². The van der Waals surface area contributed by atoms with Crippen LogP contribution in [0.1, 0.15) is 29.8 Å². The molecule has 0 unspecified atom stereocenters. The van der Waals surface area contributed by atoms with Crippen LogP contribution in [0.15, 0.2) is 24.5 Å². The molecule has 1 fully saturated rings. The van der Waals surface area contributed by atoms with Gasteiger partial charge in [0.1, 0.15) is 17.8 Å². The zero-order valence-corrected chi connectivity index (χ0v) is 15.8. The van der Waals surface area contributed by atoms with Crippen molar-refractivity contribution >= 4 is 17.4 Å². The number of carbonyl (C=O) groups excluding carboxylic acids is 1. The number of anilines is 2. The predicted molar refractivity (Wildman–Crippen MR) is 101 cm³/mol. The summed E-state index contributed by atoms with van der Waals surface area (Å²) in [5, 5.41) is 3.17. The van der Waals surface area contributed by atoms with Gasteiger partial charge in [0.25, 0.3) is 5.91 Å². The van der Waals surface area contributed by atoms with Crippen LogP contribution in [0, 0.1) is 0 Å². The predicted octanol–water partition coefficient (Wildman–Crippen LogP) is 2.87. The second-order valence-corrected chi connectivity index (χ2v) is 6.18. The van der Waals surface area contributed by atoms with Gasteiger partial charge in [-0.05, 0) is 19.3 Å². The average molecular weight is 372 g/mol. The normalized spacial score (nSPS) is 13.8. The summed E-state index contributed by atoms with van der Waals surface area (Å²) >= 11 is 0. The van der Waals surface area contributed by atoms with Crippen LogP contribution in [0.25, 0.3) is 0 Å². The fourth-order valence-corrected chi connectivity index (χ4v) is 3.10. The van der Waals surface area contributed by atoms with Crippen molar-refractivity contribution in [2.24, 2.45) is 0 Å². The number of likely N-dealkylation sites (tertiary alicyclic amines) is 1. The summed E-state index contributed by atoms with van der Waals surface area (Å²) in [5.74, 6) is 2.01. The van der Waals surface area contributed by atoms with Gasteiger partial charge in [-0.1, -0.05) is 0 Å². The third kappa shape index (κ3) is 4.21.